The Bertz CT molecular complexity index is 385. The van der Waals surface area contributed by atoms with Gasteiger partial charge in [0.05, 0.1) is 14.2 Å². The molecular formula is C15H22O3. The van der Waals surface area contributed by atoms with Crippen molar-refractivity contribution in [3.05, 3.63) is 29.3 Å². The first-order valence-corrected chi connectivity index (χ1v) is 6.48. The van der Waals surface area contributed by atoms with E-state index in [9.17, 15) is 4.79 Å². The van der Waals surface area contributed by atoms with Crippen LogP contribution in [0.1, 0.15) is 48.5 Å². The zero-order valence-electron chi connectivity index (χ0n) is 11.5. The summed E-state index contributed by atoms with van der Waals surface area (Å²) in [6, 6.07) is 5.63. The largest absolute Gasteiger partial charge is 0.496 e. The van der Waals surface area contributed by atoms with Crippen molar-refractivity contribution in [3.63, 3.8) is 0 Å². The topological polar surface area (TPSA) is 35.5 Å². The Morgan fingerprint density at radius 3 is 2.56 bits per heavy atom. The number of carbonyl (C=O) groups is 1. The fourth-order valence-corrected chi connectivity index (χ4v) is 2.04. The molecule has 0 aliphatic carbocycles. The van der Waals surface area contributed by atoms with Gasteiger partial charge in [-0.15, -0.1) is 0 Å². The van der Waals surface area contributed by atoms with Gasteiger partial charge >= 0.3 is 5.97 Å². The minimum Gasteiger partial charge on any atom is -0.496 e. The minimum absolute atomic E-state index is 0.345. The zero-order valence-corrected chi connectivity index (χ0v) is 11.5. The molecule has 0 unspecified atom stereocenters. The predicted octanol–water partition coefficient (Wildman–Crippen LogP) is 3.60. The van der Waals surface area contributed by atoms with Crippen LogP contribution in [0.25, 0.3) is 0 Å². The van der Waals surface area contributed by atoms with E-state index in [-0.39, 0.29) is 5.97 Å². The van der Waals surface area contributed by atoms with Crippen LogP contribution in [0.2, 0.25) is 0 Å². The number of unbranched alkanes of at least 4 members (excludes halogenated alkanes) is 3. The number of ether oxygens (including phenoxy) is 2. The van der Waals surface area contributed by atoms with Gasteiger partial charge in [-0.3, -0.25) is 0 Å². The predicted molar refractivity (Wildman–Crippen MR) is 72.2 cm³/mol. The highest BCUT2D eigenvalue weighted by Gasteiger charge is 2.15. The molecule has 0 heterocycles. The number of rotatable bonds is 7. The second kappa shape index (κ2) is 7.75. The average Bonchev–Trinajstić information content (AvgIpc) is 2.42. The van der Waals surface area contributed by atoms with Crippen LogP contribution in [-0.2, 0) is 11.2 Å². The summed E-state index contributed by atoms with van der Waals surface area (Å²) >= 11 is 0. The molecule has 0 amide bonds. The van der Waals surface area contributed by atoms with Crippen LogP contribution in [0.5, 0.6) is 5.75 Å². The summed E-state index contributed by atoms with van der Waals surface area (Å²) < 4.78 is 10.1. The summed E-state index contributed by atoms with van der Waals surface area (Å²) in [6.07, 6.45) is 5.74. The molecule has 0 aromatic heterocycles. The molecule has 0 spiro atoms. The molecule has 0 atom stereocenters. The van der Waals surface area contributed by atoms with E-state index < -0.39 is 0 Å². The molecule has 0 aliphatic rings. The molecule has 0 saturated heterocycles. The number of benzene rings is 1. The molecule has 0 aliphatic heterocycles. The molecule has 0 saturated carbocycles. The Kier molecular flexibility index (Phi) is 6.26. The molecule has 1 aromatic rings. The van der Waals surface area contributed by atoms with Gasteiger partial charge in [0.2, 0.25) is 0 Å². The van der Waals surface area contributed by atoms with Crippen molar-refractivity contribution >= 4 is 5.97 Å². The number of para-hydroxylation sites is 1. The fraction of sp³-hybridized carbons (Fsp3) is 0.533. The number of esters is 1. The van der Waals surface area contributed by atoms with Crippen molar-refractivity contribution in [1.82, 2.24) is 0 Å². The maximum atomic E-state index is 11.6. The lowest BCUT2D eigenvalue weighted by Crippen LogP contribution is -2.06. The quantitative estimate of drug-likeness (QED) is 0.548. The van der Waals surface area contributed by atoms with E-state index in [2.05, 4.69) is 6.92 Å². The van der Waals surface area contributed by atoms with Crippen LogP contribution in [0.3, 0.4) is 0 Å². The SMILES string of the molecule is CCCCCCc1cccc(C(=O)OC)c1OC. The summed E-state index contributed by atoms with van der Waals surface area (Å²) in [5, 5.41) is 0. The first-order valence-electron chi connectivity index (χ1n) is 6.48. The van der Waals surface area contributed by atoms with Gasteiger partial charge in [-0.1, -0.05) is 38.3 Å². The van der Waals surface area contributed by atoms with E-state index in [1.54, 1.807) is 13.2 Å². The van der Waals surface area contributed by atoms with Gasteiger partial charge in [-0.05, 0) is 24.5 Å². The van der Waals surface area contributed by atoms with Crippen molar-refractivity contribution in [2.45, 2.75) is 39.0 Å². The molecule has 0 N–H and O–H groups in total. The maximum Gasteiger partial charge on any atom is 0.341 e. The Hall–Kier alpha value is -1.51. The lowest BCUT2D eigenvalue weighted by Gasteiger charge is -2.12. The average molecular weight is 250 g/mol. The molecule has 0 radical (unpaired) electrons. The molecule has 0 fully saturated rings. The number of aryl methyl sites for hydroxylation is 1. The summed E-state index contributed by atoms with van der Waals surface area (Å²) in [5.74, 6) is 0.308. The third-order valence-electron chi connectivity index (χ3n) is 3.01. The van der Waals surface area contributed by atoms with Crippen LogP contribution in [-0.4, -0.2) is 20.2 Å². The van der Waals surface area contributed by atoms with Crippen molar-refractivity contribution in [2.75, 3.05) is 14.2 Å². The third kappa shape index (κ3) is 3.76. The fourth-order valence-electron chi connectivity index (χ4n) is 2.04. The second-order valence-corrected chi connectivity index (χ2v) is 4.30. The van der Waals surface area contributed by atoms with Gasteiger partial charge in [0.15, 0.2) is 0 Å². The van der Waals surface area contributed by atoms with Crippen LogP contribution < -0.4 is 4.74 Å². The van der Waals surface area contributed by atoms with Crippen LogP contribution in [0, 0.1) is 0 Å². The maximum absolute atomic E-state index is 11.6. The van der Waals surface area contributed by atoms with E-state index in [1.165, 1.54) is 26.4 Å². The van der Waals surface area contributed by atoms with Gasteiger partial charge in [0.25, 0.3) is 0 Å². The zero-order chi connectivity index (χ0) is 13.4. The number of hydrogen-bond donors (Lipinski definition) is 0. The smallest absolute Gasteiger partial charge is 0.341 e. The number of methoxy groups -OCH3 is 2. The van der Waals surface area contributed by atoms with E-state index in [1.807, 2.05) is 12.1 Å². The summed E-state index contributed by atoms with van der Waals surface area (Å²) in [6.45, 7) is 2.19. The van der Waals surface area contributed by atoms with E-state index in [4.69, 9.17) is 9.47 Å². The van der Waals surface area contributed by atoms with E-state index >= 15 is 0 Å². The Morgan fingerprint density at radius 2 is 1.94 bits per heavy atom. The highest BCUT2D eigenvalue weighted by atomic mass is 16.5. The highest BCUT2D eigenvalue weighted by Crippen LogP contribution is 2.26. The van der Waals surface area contributed by atoms with Crippen molar-refractivity contribution in [1.29, 1.82) is 0 Å². The number of carbonyl (C=O) groups excluding carboxylic acids is 1. The third-order valence-corrected chi connectivity index (χ3v) is 3.01. The molecule has 100 valence electrons. The van der Waals surface area contributed by atoms with Gasteiger partial charge in [-0.25, -0.2) is 4.79 Å². The van der Waals surface area contributed by atoms with Gasteiger partial charge < -0.3 is 9.47 Å². The molecule has 1 rings (SSSR count). The number of hydrogen-bond acceptors (Lipinski definition) is 3. The highest BCUT2D eigenvalue weighted by molar-refractivity contribution is 5.92. The molecule has 1 aromatic carbocycles. The summed E-state index contributed by atoms with van der Waals surface area (Å²) in [5.41, 5.74) is 1.59. The minimum atomic E-state index is -0.345. The molecule has 18 heavy (non-hydrogen) atoms. The first-order chi connectivity index (χ1) is 8.74. The molecule has 3 heteroatoms. The van der Waals surface area contributed by atoms with Gasteiger partial charge in [-0.2, -0.15) is 0 Å². The Morgan fingerprint density at radius 1 is 1.17 bits per heavy atom. The lowest BCUT2D eigenvalue weighted by molar-refractivity contribution is 0.0597. The summed E-state index contributed by atoms with van der Waals surface area (Å²) in [7, 11) is 2.98. The van der Waals surface area contributed by atoms with Gasteiger partial charge in [0, 0.05) is 0 Å². The van der Waals surface area contributed by atoms with Gasteiger partial charge in [0.1, 0.15) is 11.3 Å². The summed E-state index contributed by atoms with van der Waals surface area (Å²) in [4.78, 5) is 11.6. The Labute approximate surface area is 109 Å². The molecule has 0 bridgehead atoms. The molecular weight excluding hydrogens is 228 g/mol. The van der Waals surface area contributed by atoms with Crippen LogP contribution in [0.4, 0.5) is 0 Å². The normalized spacial score (nSPS) is 10.2. The van der Waals surface area contributed by atoms with Crippen molar-refractivity contribution < 1.29 is 14.3 Å². The lowest BCUT2D eigenvalue weighted by atomic mass is 10.0. The van der Waals surface area contributed by atoms with E-state index in [0.717, 1.165) is 18.4 Å². The standard InChI is InChI=1S/C15H22O3/c1-4-5-6-7-9-12-10-8-11-13(14(12)17-2)15(16)18-3/h8,10-11H,4-7,9H2,1-3H3. The molecule has 3 nitrogen and oxygen atoms in total. The van der Waals surface area contributed by atoms with E-state index in [0.29, 0.717) is 11.3 Å². The monoisotopic (exact) mass is 250 g/mol. The van der Waals surface area contributed by atoms with Crippen LogP contribution >= 0.6 is 0 Å². The first kappa shape index (κ1) is 14.6. The second-order valence-electron chi connectivity index (χ2n) is 4.30. The van der Waals surface area contributed by atoms with Crippen molar-refractivity contribution in [3.8, 4) is 5.75 Å². The van der Waals surface area contributed by atoms with Crippen LogP contribution in [0.15, 0.2) is 18.2 Å². The Balaban J connectivity index is 2.81. The van der Waals surface area contributed by atoms with Crippen molar-refractivity contribution in [2.24, 2.45) is 0 Å².